The van der Waals surface area contributed by atoms with Gasteiger partial charge in [0.15, 0.2) is 11.6 Å². The number of urea groups is 1. The Morgan fingerprint density at radius 2 is 1.35 bits per heavy atom. The number of likely N-dealkylation sites (tertiary alicyclic amines) is 1. The molecule has 4 fully saturated rings. The van der Waals surface area contributed by atoms with Crippen LogP contribution in [0.5, 0.6) is 0 Å². The summed E-state index contributed by atoms with van der Waals surface area (Å²) < 4.78 is 5.07. The number of carbonyl (C=O) groups excluding carboxylic acids is 1. The quantitative estimate of drug-likeness (QED) is 0.235. The number of amides is 2. The molecule has 2 atom stereocenters. The van der Waals surface area contributed by atoms with E-state index in [1.165, 1.54) is 37.8 Å². The molecular formula is C41H51N9O2. The molecule has 272 valence electrons. The van der Waals surface area contributed by atoms with E-state index in [-0.39, 0.29) is 12.1 Å². The number of hydrogen-bond acceptors (Lipinski definition) is 9. The van der Waals surface area contributed by atoms with Gasteiger partial charge in [-0.05, 0) is 114 Å². The summed E-state index contributed by atoms with van der Waals surface area (Å²) in [6.07, 6.45) is 13.2. The second-order valence-corrected chi connectivity index (χ2v) is 14.8. The van der Waals surface area contributed by atoms with Gasteiger partial charge in [-0.25, -0.2) is 14.8 Å². The standard InChI is InChI=1S/C21H25N5O.C15H16N4.C5H10O/c1-15-13-16(7-9-22-15)18-5-6-19-20(23-18)26(17-8-12-25(19)14-17)21(27)24-10-3-2-4-11-24;1-10-8-11(4-6-16-10)13-2-3-14-15(18-13)17-12-5-7-19(14)9-12;1-2-4-6-5-3-1/h5-7,9,13,17H,2-4,8,10-12,14H2,1H3;2-4,6,8,12H,5,7,9H2,1H3,(H,17,18);1-5H2/t17-;12-;/m00./s1. The number of rotatable bonds is 2. The minimum absolute atomic E-state index is 0.137. The number of nitrogens with zero attached hydrogens (tertiary/aromatic N) is 8. The summed E-state index contributed by atoms with van der Waals surface area (Å²) in [5, 5.41) is 3.54. The molecular weight excluding hydrogens is 651 g/mol. The Balaban J connectivity index is 0.000000134. The van der Waals surface area contributed by atoms with Gasteiger partial charge in [0.25, 0.3) is 0 Å². The summed E-state index contributed by atoms with van der Waals surface area (Å²) in [7, 11) is 0. The average molecular weight is 702 g/mol. The lowest BCUT2D eigenvalue weighted by Crippen LogP contribution is -2.53. The van der Waals surface area contributed by atoms with Crippen LogP contribution in [0.4, 0.5) is 27.8 Å². The molecule has 4 bridgehead atoms. The lowest BCUT2D eigenvalue weighted by molar-refractivity contribution is 0.0968. The van der Waals surface area contributed by atoms with Crippen molar-refractivity contribution in [3.05, 3.63) is 72.3 Å². The van der Waals surface area contributed by atoms with Crippen molar-refractivity contribution in [2.75, 3.05) is 72.5 Å². The molecule has 0 saturated carbocycles. The van der Waals surface area contributed by atoms with Crippen LogP contribution in [0.1, 0.15) is 62.8 Å². The summed E-state index contributed by atoms with van der Waals surface area (Å²) in [4.78, 5) is 40.5. The molecule has 10 rings (SSSR count). The van der Waals surface area contributed by atoms with E-state index in [9.17, 15) is 4.79 Å². The predicted octanol–water partition coefficient (Wildman–Crippen LogP) is 7.10. The molecule has 11 heteroatoms. The van der Waals surface area contributed by atoms with Crippen molar-refractivity contribution in [2.45, 2.75) is 77.3 Å². The SMILES string of the molecule is C1CCOCC1.Cc1cc(-c2ccc3c(n2)N(C(=O)N2CCCCC2)[C@H]2CCN3C2)ccn1.Cc1cc(-c2ccc3c(n2)N[C@H]2CCN3C2)ccn1. The van der Waals surface area contributed by atoms with Crippen molar-refractivity contribution in [3.8, 4) is 22.5 Å². The third-order valence-electron chi connectivity index (χ3n) is 11.0. The van der Waals surface area contributed by atoms with E-state index >= 15 is 0 Å². The molecule has 0 radical (unpaired) electrons. The van der Waals surface area contributed by atoms with Gasteiger partial charge in [0.1, 0.15) is 0 Å². The van der Waals surface area contributed by atoms with E-state index in [4.69, 9.17) is 14.7 Å². The topological polar surface area (TPSA) is 103 Å². The number of aryl methyl sites for hydroxylation is 2. The Morgan fingerprint density at radius 1 is 0.712 bits per heavy atom. The van der Waals surface area contributed by atoms with E-state index in [1.807, 2.05) is 54.2 Å². The number of piperidine rings is 1. The molecule has 52 heavy (non-hydrogen) atoms. The van der Waals surface area contributed by atoms with Crippen LogP contribution in [-0.4, -0.2) is 95.4 Å². The van der Waals surface area contributed by atoms with Crippen molar-refractivity contribution < 1.29 is 9.53 Å². The maximum atomic E-state index is 13.4. The third-order valence-corrected chi connectivity index (χ3v) is 11.0. The van der Waals surface area contributed by atoms with Crippen LogP contribution < -0.4 is 20.0 Å². The second-order valence-electron chi connectivity index (χ2n) is 14.8. The molecule has 10 heterocycles. The molecule has 0 aliphatic carbocycles. The molecule has 0 spiro atoms. The van der Waals surface area contributed by atoms with Gasteiger partial charge in [-0.3, -0.25) is 14.9 Å². The molecule has 0 aromatic carbocycles. The average Bonchev–Trinajstić information content (AvgIpc) is 3.80. The fraction of sp³-hybridized carbons (Fsp3) is 0.488. The molecule has 4 saturated heterocycles. The molecule has 4 aromatic rings. The van der Waals surface area contributed by atoms with E-state index in [0.29, 0.717) is 6.04 Å². The largest absolute Gasteiger partial charge is 0.381 e. The molecule has 11 nitrogen and oxygen atoms in total. The molecule has 6 aliphatic heterocycles. The summed E-state index contributed by atoms with van der Waals surface area (Å²) in [5.74, 6) is 1.85. The van der Waals surface area contributed by atoms with E-state index in [0.717, 1.165) is 123 Å². The van der Waals surface area contributed by atoms with Crippen molar-refractivity contribution in [1.29, 1.82) is 0 Å². The highest BCUT2D eigenvalue weighted by Gasteiger charge is 2.42. The maximum absolute atomic E-state index is 13.4. The maximum Gasteiger partial charge on any atom is 0.326 e. The first-order valence-corrected chi connectivity index (χ1v) is 19.3. The number of pyridine rings is 4. The highest BCUT2D eigenvalue weighted by atomic mass is 16.5. The summed E-state index contributed by atoms with van der Waals surface area (Å²) in [6.45, 7) is 11.9. The summed E-state index contributed by atoms with van der Waals surface area (Å²) in [5.41, 5.74) is 8.41. The van der Waals surface area contributed by atoms with Crippen molar-refractivity contribution >= 4 is 29.0 Å². The normalized spacial score (nSPS) is 21.2. The highest BCUT2D eigenvalue weighted by molar-refractivity contribution is 5.97. The van der Waals surface area contributed by atoms with Crippen LogP contribution in [0, 0.1) is 13.8 Å². The smallest absolute Gasteiger partial charge is 0.326 e. The van der Waals surface area contributed by atoms with Crippen molar-refractivity contribution in [3.63, 3.8) is 0 Å². The van der Waals surface area contributed by atoms with E-state index in [1.54, 1.807) is 0 Å². The number of nitrogens with one attached hydrogen (secondary N) is 1. The second kappa shape index (κ2) is 15.5. The minimum atomic E-state index is 0.137. The third kappa shape index (κ3) is 7.42. The van der Waals surface area contributed by atoms with Gasteiger partial charge in [-0.15, -0.1) is 0 Å². The predicted molar refractivity (Wildman–Crippen MR) is 207 cm³/mol. The monoisotopic (exact) mass is 701 g/mol. The number of aromatic nitrogens is 4. The number of fused-ring (bicyclic) bond motifs is 8. The number of hydrogen-bond donors (Lipinski definition) is 1. The van der Waals surface area contributed by atoms with Crippen LogP contribution in [-0.2, 0) is 4.74 Å². The molecule has 4 aromatic heterocycles. The van der Waals surface area contributed by atoms with Crippen LogP contribution in [0.15, 0.2) is 60.9 Å². The Morgan fingerprint density at radius 3 is 2.00 bits per heavy atom. The zero-order valence-corrected chi connectivity index (χ0v) is 30.6. The van der Waals surface area contributed by atoms with Gasteiger partial charge < -0.3 is 24.8 Å². The summed E-state index contributed by atoms with van der Waals surface area (Å²) >= 11 is 0. The van der Waals surface area contributed by atoms with Gasteiger partial charge in [0.2, 0.25) is 0 Å². The van der Waals surface area contributed by atoms with E-state index in [2.05, 4.69) is 55.4 Å². The zero-order valence-electron chi connectivity index (χ0n) is 30.6. The van der Waals surface area contributed by atoms with Crippen LogP contribution in [0.2, 0.25) is 0 Å². The lowest BCUT2D eigenvalue weighted by Gasteiger charge is -2.39. The molecule has 6 aliphatic rings. The molecule has 1 N–H and O–H groups in total. The fourth-order valence-corrected chi connectivity index (χ4v) is 8.22. The van der Waals surface area contributed by atoms with Gasteiger partial charge in [0, 0.05) is 93.4 Å². The first-order chi connectivity index (χ1) is 25.5. The van der Waals surface area contributed by atoms with Gasteiger partial charge in [-0.2, -0.15) is 0 Å². The Kier molecular flexibility index (Phi) is 10.2. The van der Waals surface area contributed by atoms with Crippen LogP contribution >= 0.6 is 0 Å². The van der Waals surface area contributed by atoms with Gasteiger partial charge in [0.05, 0.1) is 28.8 Å². The first-order valence-electron chi connectivity index (χ1n) is 19.3. The fourth-order valence-electron chi connectivity index (χ4n) is 8.22. The summed E-state index contributed by atoms with van der Waals surface area (Å²) in [6, 6.07) is 17.5. The highest BCUT2D eigenvalue weighted by Crippen LogP contribution is 2.41. The minimum Gasteiger partial charge on any atom is -0.381 e. The lowest BCUT2D eigenvalue weighted by atomic mass is 10.1. The van der Waals surface area contributed by atoms with E-state index < -0.39 is 0 Å². The van der Waals surface area contributed by atoms with Crippen LogP contribution in [0.3, 0.4) is 0 Å². The zero-order chi connectivity index (χ0) is 35.4. The number of anilines is 4. The molecule has 2 amide bonds. The van der Waals surface area contributed by atoms with Crippen LogP contribution in [0.25, 0.3) is 22.5 Å². The molecule has 0 unspecified atom stereocenters. The van der Waals surface area contributed by atoms with Gasteiger partial charge >= 0.3 is 6.03 Å². The van der Waals surface area contributed by atoms with Crippen molar-refractivity contribution in [2.24, 2.45) is 0 Å². The van der Waals surface area contributed by atoms with Gasteiger partial charge in [-0.1, -0.05) is 0 Å². The Labute approximate surface area is 307 Å². The Bertz CT molecular complexity index is 1860. The number of carbonyl (C=O) groups is 1. The van der Waals surface area contributed by atoms with Crippen molar-refractivity contribution in [1.82, 2.24) is 24.8 Å². The Hall–Kier alpha value is -4.77. The first kappa shape index (κ1) is 34.3. The number of ether oxygens (including phenoxy) is 1.